The highest BCUT2D eigenvalue weighted by Crippen LogP contribution is 2.52. The molecule has 1 aromatic heterocycles. The highest BCUT2D eigenvalue weighted by atomic mass is 19.1. The van der Waals surface area contributed by atoms with Crippen LogP contribution in [0.2, 0.25) is 0 Å². The lowest BCUT2D eigenvalue weighted by Crippen LogP contribution is -2.62. The number of aromatic nitrogens is 1. The lowest BCUT2D eigenvalue weighted by atomic mass is 9.65. The average molecular weight is 525 g/mol. The molecule has 0 bridgehead atoms. The fraction of sp³-hybridized carbons (Fsp3) is 0.567. The smallest absolute Gasteiger partial charge is 0.337 e. The summed E-state index contributed by atoms with van der Waals surface area (Å²) < 4.78 is 15.7. The highest BCUT2D eigenvalue weighted by Gasteiger charge is 2.55. The Labute approximate surface area is 222 Å². The van der Waals surface area contributed by atoms with Gasteiger partial charge < -0.3 is 19.7 Å². The number of pyridine rings is 1. The number of piperidine rings is 1. The number of aromatic carboxylic acids is 1. The number of carboxylic acid groups (broad SMARTS) is 1. The van der Waals surface area contributed by atoms with E-state index >= 15 is 0 Å². The molecule has 204 valence electrons. The predicted molar refractivity (Wildman–Crippen MR) is 141 cm³/mol. The Kier molecular flexibility index (Phi) is 7.20. The number of rotatable bonds is 7. The van der Waals surface area contributed by atoms with Crippen molar-refractivity contribution >= 4 is 11.9 Å². The molecular weight excluding hydrogens is 487 g/mol. The second-order valence-corrected chi connectivity index (χ2v) is 11.8. The van der Waals surface area contributed by atoms with Crippen LogP contribution in [0.3, 0.4) is 0 Å². The summed E-state index contributed by atoms with van der Waals surface area (Å²) in [6.45, 7) is 2.79. The predicted octanol–water partition coefficient (Wildman–Crippen LogP) is 4.70. The summed E-state index contributed by atoms with van der Waals surface area (Å²) in [6.07, 6.45) is 9.46. The molecule has 0 radical (unpaired) electrons. The second-order valence-electron chi connectivity index (χ2n) is 11.8. The summed E-state index contributed by atoms with van der Waals surface area (Å²) in [5, 5.41) is 22.0. The number of likely N-dealkylation sites (tertiary alicyclic amines) is 1. The van der Waals surface area contributed by atoms with Crippen LogP contribution in [0.15, 0.2) is 41.3 Å². The number of carbonyl (C=O) groups excluding carboxylic acids is 1. The van der Waals surface area contributed by atoms with E-state index in [0.717, 1.165) is 38.2 Å². The molecule has 38 heavy (non-hydrogen) atoms. The molecular formula is C30H37FN2O5. The normalized spacial score (nSPS) is 23.8. The van der Waals surface area contributed by atoms with Gasteiger partial charge in [0.1, 0.15) is 5.82 Å². The van der Waals surface area contributed by atoms with Gasteiger partial charge in [-0.1, -0.05) is 57.2 Å². The number of carboxylic acids is 1. The summed E-state index contributed by atoms with van der Waals surface area (Å²) in [6, 6.07) is 6.90. The SMILES string of the molecule is CC(CC1CCC1)C(=O)N1CC[C@@](O)(Cn2cc(C(=O)O)c(-c3ccccc3F)cc2=O)C2(CCCC2)C1. The van der Waals surface area contributed by atoms with Crippen LogP contribution in [0.25, 0.3) is 11.1 Å². The standard InChI is InChI=1S/C30H37FN2O5/c1-20(15-21-7-6-8-21)27(35)32-14-13-30(38,29(18-32)11-4-5-12-29)19-33-17-24(28(36)37)23(16-26(33)34)22-9-2-3-10-25(22)31/h2-3,9-10,16-17,20-21,38H,4-8,11-15,18-19H2,1H3,(H,36,37)/t20?,30-/m1/s1. The first kappa shape index (κ1) is 26.6. The second kappa shape index (κ2) is 10.3. The maximum atomic E-state index is 14.5. The van der Waals surface area contributed by atoms with Crippen LogP contribution in [0.1, 0.15) is 75.1 Å². The number of aliphatic hydroxyl groups is 1. The van der Waals surface area contributed by atoms with Gasteiger partial charge in [0.2, 0.25) is 5.91 Å². The van der Waals surface area contributed by atoms with Gasteiger partial charge in [0.05, 0.1) is 17.7 Å². The fourth-order valence-electron chi connectivity index (χ4n) is 6.98. The van der Waals surface area contributed by atoms with Gasteiger partial charge in [-0.3, -0.25) is 9.59 Å². The number of nitrogens with zero attached hydrogens (tertiary/aromatic N) is 2. The van der Waals surface area contributed by atoms with Crippen molar-refractivity contribution in [2.75, 3.05) is 13.1 Å². The van der Waals surface area contributed by atoms with E-state index < -0.39 is 28.4 Å². The van der Waals surface area contributed by atoms with Gasteiger partial charge in [-0.05, 0) is 37.7 Å². The Morgan fingerprint density at radius 3 is 2.45 bits per heavy atom. The third kappa shape index (κ3) is 4.79. The summed E-state index contributed by atoms with van der Waals surface area (Å²) in [5.41, 5.74) is -2.46. The van der Waals surface area contributed by atoms with Crippen LogP contribution in [0, 0.1) is 23.1 Å². The number of halogens is 1. The van der Waals surface area contributed by atoms with Gasteiger partial charge in [0.15, 0.2) is 0 Å². The van der Waals surface area contributed by atoms with Crippen molar-refractivity contribution in [3.63, 3.8) is 0 Å². The molecule has 2 aliphatic carbocycles. The van der Waals surface area contributed by atoms with Gasteiger partial charge in [-0.2, -0.15) is 0 Å². The van der Waals surface area contributed by atoms with Crippen LogP contribution >= 0.6 is 0 Å². The monoisotopic (exact) mass is 524 g/mol. The van der Waals surface area contributed by atoms with Gasteiger partial charge in [0, 0.05) is 47.8 Å². The molecule has 2 N–H and O–H groups in total. The largest absolute Gasteiger partial charge is 0.478 e. The van der Waals surface area contributed by atoms with Crippen LogP contribution < -0.4 is 5.56 Å². The van der Waals surface area contributed by atoms with Crippen LogP contribution in [-0.4, -0.2) is 50.2 Å². The van der Waals surface area contributed by atoms with Crippen molar-refractivity contribution in [1.82, 2.24) is 9.47 Å². The van der Waals surface area contributed by atoms with Crippen LogP contribution in [-0.2, 0) is 11.3 Å². The molecule has 1 aliphatic heterocycles. The number of benzene rings is 1. The molecule has 1 spiro atoms. The highest BCUT2D eigenvalue weighted by molar-refractivity contribution is 5.95. The minimum atomic E-state index is -1.28. The Hall–Kier alpha value is -3.00. The minimum absolute atomic E-state index is 0.0142. The Balaban J connectivity index is 1.42. The first-order valence-electron chi connectivity index (χ1n) is 13.9. The van der Waals surface area contributed by atoms with E-state index in [9.17, 15) is 29.0 Å². The average Bonchev–Trinajstić information content (AvgIpc) is 3.34. The third-order valence-electron chi connectivity index (χ3n) is 9.43. The van der Waals surface area contributed by atoms with E-state index in [1.54, 1.807) is 6.07 Å². The number of hydrogen-bond donors (Lipinski definition) is 2. The molecule has 2 aromatic rings. The van der Waals surface area contributed by atoms with E-state index in [-0.39, 0.29) is 35.1 Å². The molecule has 1 amide bonds. The zero-order valence-electron chi connectivity index (χ0n) is 22.0. The molecule has 3 fully saturated rings. The number of carbonyl (C=O) groups is 2. The molecule has 1 aromatic carbocycles. The summed E-state index contributed by atoms with van der Waals surface area (Å²) in [4.78, 5) is 40.6. The molecule has 1 saturated heterocycles. The molecule has 1 unspecified atom stereocenters. The number of amides is 1. The Morgan fingerprint density at radius 2 is 1.82 bits per heavy atom. The van der Waals surface area contributed by atoms with E-state index in [0.29, 0.717) is 25.4 Å². The van der Waals surface area contributed by atoms with Crippen molar-refractivity contribution in [1.29, 1.82) is 0 Å². The zero-order chi connectivity index (χ0) is 27.1. The first-order chi connectivity index (χ1) is 18.1. The Morgan fingerprint density at radius 1 is 1.11 bits per heavy atom. The maximum Gasteiger partial charge on any atom is 0.337 e. The molecule has 7 nitrogen and oxygen atoms in total. The number of hydrogen-bond acceptors (Lipinski definition) is 4. The van der Waals surface area contributed by atoms with Crippen molar-refractivity contribution in [2.24, 2.45) is 17.3 Å². The van der Waals surface area contributed by atoms with E-state index in [1.165, 1.54) is 48.2 Å². The quantitative estimate of drug-likeness (QED) is 0.547. The summed E-state index contributed by atoms with van der Waals surface area (Å²) in [5.74, 6) is -1.15. The minimum Gasteiger partial charge on any atom is -0.478 e. The summed E-state index contributed by atoms with van der Waals surface area (Å²) >= 11 is 0. The van der Waals surface area contributed by atoms with Gasteiger partial charge >= 0.3 is 5.97 Å². The molecule has 2 atom stereocenters. The summed E-state index contributed by atoms with van der Waals surface area (Å²) in [7, 11) is 0. The van der Waals surface area contributed by atoms with Crippen molar-refractivity contribution in [2.45, 2.75) is 76.9 Å². The molecule has 8 heteroatoms. The Bertz CT molecular complexity index is 1280. The van der Waals surface area contributed by atoms with Crippen molar-refractivity contribution in [3.8, 4) is 11.1 Å². The zero-order valence-corrected chi connectivity index (χ0v) is 22.0. The van der Waals surface area contributed by atoms with E-state index in [2.05, 4.69) is 0 Å². The van der Waals surface area contributed by atoms with Crippen LogP contribution in [0.5, 0.6) is 0 Å². The lowest BCUT2D eigenvalue weighted by molar-refractivity contribution is -0.163. The third-order valence-corrected chi connectivity index (χ3v) is 9.43. The molecule has 2 heterocycles. The van der Waals surface area contributed by atoms with Crippen molar-refractivity contribution in [3.05, 3.63) is 58.3 Å². The van der Waals surface area contributed by atoms with Gasteiger partial charge in [-0.25, -0.2) is 9.18 Å². The van der Waals surface area contributed by atoms with Gasteiger partial charge in [0.25, 0.3) is 5.56 Å². The van der Waals surface area contributed by atoms with E-state index in [1.807, 2.05) is 11.8 Å². The lowest BCUT2D eigenvalue weighted by Gasteiger charge is -2.53. The van der Waals surface area contributed by atoms with Crippen molar-refractivity contribution < 1.29 is 24.2 Å². The fourth-order valence-corrected chi connectivity index (χ4v) is 6.98. The first-order valence-corrected chi connectivity index (χ1v) is 13.9. The maximum absolute atomic E-state index is 14.5. The molecule has 2 saturated carbocycles. The van der Waals surface area contributed by atoms with E-state index in [4.69, 9.17) is 0 Å². The topological polar surface area (TPSA) is 99.8 Å². The van der Waals surface area contributed by atoms with Crippen LogP contribution in [0.4, 0.5) is 4.39 Å². The van der Waals surface area contributed by atoms with Gasteiger partial charge in [-0.15, -0.1) is 0 Å². The molecule has 5 rings (SSSR count). The molecule has 3 aliphatic rings.